The molecule has 0 unspecified atom stereocenters. The Morgan fingerprint density at radius 1 is 1.40 bits per heavy atom. The second-order valence-corrected chi connectivity index (χ2v) is 8.72. The Hall–Kier alpha value is -2.74. The van der Waals surface area contributed by atoms with Crippen LogP contribution in [-0.4, -0.2) is 43.6 Å². The van der Waals surface area contributed by atoms with Gasteiger partial charge in [0, 0.05) is 44.2 Å². The number of hydrogen-bond acceptors (Lipinski definition) is 5. The number of nitrogens with one attached hydrogen (secondary N) is 1. The number of carbonyl (C=O) groups excluding carboxylic acids is 1. The first-order valence-corrected chi connectivity index (χ1v) is 11.4. The number of carbonyl (C=O) groups is 1. The molecule has 1 aliphatic rings. The van der Waals surface area contributed by atoms with E-state index in [0.29, 0.717) is 30.9 Å². The van der Waals surface area contributed by atoms with E-state index < -0.39 is 0 Å². The molecule has 158 valence electrons. The first-order chi connectivity index (χ1) is 14.5. The second-order valence-electron chi connectivity index (χ2n) is 7.77. The molecule has 1 fully saturated rings. The summed E-state index contributed by atoms with van der Waals surface area (Å²) in [6, 6.07) is 5.46. The van der Waals surface area contributed by atoms with E-state index in [1.54, 1.807) is 17.4 Å². The number of hydrogen-bond donors (Lipinski definition) is 1. The number of nitrogens with zero attached hydrogens (tertiary/aromatic N) is 4. The smallest absolute Gasteiger partial charge is 0.251 e. The summed E-state index contributed by atoms with van der Waals surface area (Å²) in [6.45, 7) is 6.24. The van der Waals surface area contributed by atoms with Crippen molar-refractivity contribution in [3.8, 4) is 10.6 Å². The Balaban J connectivity index is 1.43. The molecule has 1 atom stereocenters. The predicted octanol–water partition coefficient (Wildman–Crippen LogP) is 3.36. The van der Waals surface area contributed by atoms with Gasteiger partial charge in [-0.1, -0.05) is 6.07 Å². The van der Waals surface area contributed by atoms with E-state index in [-0.39, 0.29) is 17.4 Å². The van der Waals surface area contributed by atoms with Gasteiger partial charge < -0.3 is 9.88 Å². The van der Waals surface area contributed by atoms with Gasteiger partial charge in [0.25, 0.3) is 5.56 Å². The molecule has 1 saturated heterocycles. The van der Waals surface area contributed by atoms with Crippen LogP contribution >= 0.6 is 11.3 Å². The highest BCUT2D eigenvalue weighted by Gasteiger charge is 2.26. The number of H-pyrrole nitrogens is 1. The highest BCUT2D eigenvalue weighted by Crippen LogP contribution is 2.27. The molecule has 3 aromatic heterocycles. The van der Waals surface area contributed by atoms with Crippen molar-refractivity contribution < 1.29 is 4.79 Å². The molecular formula is C22H27N5O2S. The summed E-state index contributed by atoms with van der Waals surface area (Å²) in [5, 5.41) is 6.44. The van der Waals surface area contributed by atoms with Crippen molar-refractivity contribution >= 4 is 17.2 Å². The van der Waals surface area contributed by atoms with E-state index >= 15 is 0 Å². The lowest BCUT2D eigenvalue weighted by atomic mass is 9.96. The number of rotatable bonds is 6. The molecule has 30 heavy (non-hydrogen) atoms. The lowest BCUT2D eigenvalue weighted by molar-refractivity contribution is -0.132. The van der Waals surface area contributed by atoms with Crippen molar-refractivity contribution in [2.75, 3.05) is 13.1 Å². The van der Waals surface area contributed by atoms with E-state index in [1.807, 2.05) is 40.2 Å². The molecule has 0 spiro atoms. The first-order valence-electron chi connectivity index (χ1n) is 10.5. The Kier molecular flexibility index (Phi) is 6.13. The Bertz CT molecular complexity index is 1070. The Morgan fingerprint density at radius 2 is 2.27 bits per heavy atom. The summed E-state index contributed by atoms with van der Waals surface area (Å²) >= 11 is 1.57. The lowest BCUT2D eigenvalue weighted by Gasteiger charge is -2.32. The van der Waals surface area contributed by atoms with Gasteiger partial charge in [0.1, 0.15) is 5.82 Å². The van der Waals surface area contributed by atoms with Crippen LogP contribution < -0.4 is 5.56 Å². The second kappa shape index (κ2) is 8.95. The van der Waals surface area contributed by atoms with Crippen LogP contribution in [0.4, 0.5) is 0 Å². The third-order valence-electron chi connectivity index (χ3n) is 5.67. The molecule has 1 N–H and O–H groups in total. The standard InChI is InChI=1S/C22H27N5O2S/c1-3-27-14-16(15(2)25-27)8-9-21(29)26-10-4-6-17(13-26)22-23-18(12-20(28)24-22)19-7-5-11-30-19/h5,7,11-12,14,17H,3-4,6,8-10,13H2,1-2H3,(H,23,24,28)/t17-/m0/s1. The van der Waals surface area contributed by atoms with Crippen LogP contribution in [0.5, 0.6) is 0 Å². The maximum atomic E-state index is 12.9. The molecule has 0 saturated carbocycles. The van der Waals surface area contributed by atoms with E-state index in [4.69, 9.17) is 4.98 Å². The van der Waals surface area contributed by atoms with Gasteiger partial charge in [0.05, 0.1) is 16.3 Å². The van der Waals surface area contributed by atoms with E-state index in [9.17, 15) is 9.59 Å². The third kappa shape index (κ3) is 4.53. The normalized spacial score (nSPS) is 16.7. The maximum absolute atomic E-state index is 12.9. The highest BCUT2D eigenvalue weighted by atomic mass is 32.1. The minimum absolute atomic E-state index is 0.0555. The molecule has 3 aromatic rings. The molecule has 1 aliphatic heterocycles. The maximum Gasteiger partial charge on any atom is 0.251 e. The SMILES string of the molecule is CCn1cc(CCC(=O)N2CCC[C@H](c3nc(-c4cccs4)cc(=O)[nH]3)C2)c(C)n1. The van der Waals surface area contributed by atoms with Crippen LogP contribution in [0.15, 0.2) is 34.6 Å². The summed E-state index contributed by atoms with van der Waals surface area (Å²) in [7, 11) is 0. The third-order valence-corrected chi connectivity index (χ3v) is 6.57. The minimum atomic E-state index is -0.143. The Morgan fingerprint density at radius 3 is 3.00 bits per heavy atom. The number of aryl methyl sites for hydroxylation is 3. The number of piperidine rings is 1. The lowest BCUT2D eigenvalue weighted by Crippen LogP contribution is -2.40. The van der Waals surface area contributed by atoms with Crippen LogP contribution in [-0.2, 0) is 17.8 Å². The van der Waals surface area contributed by atoms with Crippen LogP contribution in [0, 0.1) is 6.92 Å². The summed E-state index contributed by atoms with van der Waals surface area (Å²) in [6.07, 6.45) is 5.04. The predicted molar refractivity (Wildman–Crippen MR) is 118 cm³/mol. The first kappa shape index (κ1) is 20.5. The van der Waals surface area contributed by atoms with Crippen LogP contribution in [0.25, 0.3) is 10.6 Å². The van der Waals surface area contributed by atoms with E-state index in [0.717, 1.165) is 42.1 Å². The van der Waals surface area contributed by atoms with Crippen molar-refractivity contribution in [3.63, 3.8) is 0 Å². The fraction of sp³-hybridized carbons (Fsp3) is 0.455. The van der Waals surface area contributed by atoms with E-state index in [1.165, 1.54) is 0 Å². The highest BCUT2D eigenvalue weighted by molar-refractivity contribution is 7.13. The number of aromatic nitrogens is 4. The summed E-state index contributed by atoms with van der Waals surface area (Å²) in [4.78, 5) is 35.6. The summed E-state index contributed by atoms with van der Waals surface area (Å²) in [5.41, 5.74) is 2.69. The van der Waals surface area contributed by atoms with Gasteiger partial charge in [-0.05, 0) is 50.1 Å². The number of likely N-dealkylation sites (tertiary alicyclic amines) is 1. The molecule has 8 heteroatoms. The van der Waals surface area contributed by atoms with Gasteiger partial charge >= 0.3 is 0 Å². The Labute approximate surface area is 179 Å². The van der Waals surface area contributed by atoms with Crippen LogP contribution in [0.3, 0.4) is 0 Å². The molecule has 0 radical (unpaired) electrons. The van der Waals surface area contributed by atoms with Gasteiger partial charge in [-0.2, -0.15) is 5.10 Å². The molecular weight excluding hydrogens is 398 g/mol. The zero-order chi connectivity index (χ0) is 21.1. The van der Waals surface area contributed by atoms with Crippen LogP contribution in [0.2, 0.25) is 0 Å². The molecule has 0 aliphatic carbocycles. The number of amides is 1. The average molecular weight is 426 g/mol. The van der Waals surface area contributed by atoms with Crippen molar-refractivity contribution in [2.45, 2.75) is 52.0 Å². The largest absolute Gasteiger partial charge is 0.342 e. The van der Waals surface area contributed by atoms with Crippen molar-refractivity contribution in [3.05, 3.63) is 57.2 Å². The van der Waals surface area contributed by atoms with Crippen molar-refractivity contribution in [1.29, 1.82) is 0 Å². The van der Waals surface area contributed by atoms with Crippen molar-refractivity contribution in [2.24, 2.45) is 0 Å². The number of aromatic amines is 1. The molecule has 0 bridgehead atoms. The van der Waals surface area contributed by atoms with Crippen molar-refractivity contribution in [1.82, 2.24) is 24.6 Å². The van der Waals surface area contributed by atoms with Gasteiger partial charge in [-0.15, -0.1) is 11.3 Å². The molecule has 1 amide bonds. The zero-order valence-corrected chi connectivity index (χ0v) is 18.2. The fourth-order valence-corrected chi connectivity index (χ4v) is 4.70. The summed E-state index contributed by atoms with van der Waals surface area (Å²) in [5.74, 6) is 0.892. The fourth-order valence-electron chi connectivity index (χ4n) is 4.01. The van der Waals surface area contributed by atoms with Gasteiger partial charge in [0.2, 0.25) is 5.91 Å². The van der Waals surface area contributed by atoms with Crippen LogP contribution in [0.1, 0.15) is 49.2 Å². The number of thiophene rings is 1. The van der Waals surface area contributed by atoms with Gasteiger partial charge in [0.15, 0.2) is 0 Å². The van der Waals surface area contributed by atoms with Gasteiger partial charge in [-0.3, -0.25) is 14.3 Å². The minimum Gasteiger partial charge on any atom is -0.342 e. The average Bonchev–Trinajstić information content (AvgIpc) is 3.41. The zero-order valence-electron chi connectivity index (χ0n) is 17.4. The molecule has 4 heterocycles. The quantitative estimate of drug-likeness (QED) is 0.656. The van der Waals surface area contributed by atoms with E-state index in [2.05, 4.69) is 17.0 Å². The molecule has 0 aromatic carbocycles. The summed E-state index contributed by atoms with van der Waals surface area (Å²) < 4.78 is 1.91. The van der Waals surface area contributed by atoms with Gasteiger partial charge in [-0.25, -0.2) is 4.98 Å². The molecule has 7 nitrogen and oxygen atoms in total. The topological polar surface area (TPSA) is 83.9 Å². The molecule has 4 rings (SSSR count). The monoisotopic (exact) mass is 425 g/mol.